The number of unbranched alkanes of at least 4 members (excludes halogenated alkanes) is 1. The number of rotatable bonds is 8. The van der Waals surface area contributed by atoms with Crippen LogP contribution in [0.4, 0.5) is 0 Å². The predicted molar refractivity (Wildman–Crippen MR) is 104 cm³/mol. The van der Waals surface area contributed by atoms with Gasteiger partial charge in [0.1, 0.15) is 0 Å². The summed E-state index contributed by atoms with van der Waals surface area (Å²) in [6.45, 7) is 5.32. The van der Waals surface area contributed by atoms with Crippen LogP contribution in [0.25, 0.3) is 22.0 Å². The molecule has 3 rings (SSSR count). The smallest absolute Gasteiger partial charge is 0.0701 e. The molecule has 24 heavy (non-hydrogen) atoms. The van der Waals surface area contributed by atoms with Gasteiger partial charge >= 0.3 is 0 Å². The van der Waals surface area contributed by atoms with Gasteiger partial charge in [-0.15, -0.1) is 0 Å². The summed E-state index contributed by atoms with van der Waals surface area (Å²) in [5, 5.41) is 7.10. The van der Waals surface area contributed by atoms with Crippen LogP contribution >= 0.6 is 0 Å². The number of hydrogen-bond donors (Lipinski definition) is 1. The van der Waals surface area contributed by atoms with Crippen molar-refractivity contribution < 1.29 is 0 Å². The zero-order valence-corrected chi connectivity index (χ0v) is 14.7. The Bertz CT molecular complexity index is 761. The summed E-state index contributed by atoms with van der Waals surface area (Å²) < 4.78 is 2.28. The fourth-order valence-electron chi connectivity index (χ4n) is 3.07. The van der Waals surface area contributed by atoms with E-state index in [0.717, 1.165) is 19.6 Å². The first-order chi connectivity index (χ1) is 11.8. The van der Waals surface area contributed by atoms with Crippen LogP contribution in [0.1, 0.15) is 19.8 Å². The summed E-state index contributed by atoms with van der Waals surface area (Å²) in [7, 11) is 2.16. The van der Waals surface area contributed by atoms with Crippen molar-refractivity contribution in [2.24, 2.45) is 0 Å². The van der Waals surface area contributed by atoms with Gasteiger partial charge in [0.15, 0.2) is 0 Å². The zero-order valence-electron chi connectivity index (χ0n) is 14.7. The van der Waals surface area contributed by atoms with Crippen molar-refractivity contribution in [1.29, 1.82) is 0 Å². The lowest BCUT2D eigenvalue weighted by molar-refractivity contribution is 0.592. The zero-order chi connectivity index (χ0) is 16.8. The number of likely N-dealkylation sites (N-methyl/N-ethyl adjacent to an activating group) is 1. The van der Waals surface area contributed by atoms with Gasteiger partial charge in [0, 0.05) is 37.3 Å². The highest BCUT2D eigenvalue weighted by Gasteiger charge is 2.11. The molecule has 3 heteroatoms. The molecule has 0 aliphatic carbocycles. The summed E-state index contributed by atoms with van der Waals surface area (Å²) in [4.78, 5) is 0. The van der Waals surface area contributed by atoms with Crippen LogP contribution in [0.2, 0.25) is 0 Å². The molecule has 0 fully saturated rings. The minimum atomic E-state index is 0.983. The second-order valence-corrected chi connectivity index (χ2v) is 6.26. The van der Waals surface area contributed by atoms with Crippen molar-refractivity contribution in [2.45, 2.75) is 19.8 Å². The van der Waals surface area contributed by atoms with Crippen LogP contribution in [0.3, 0.4) is 0 Å². The van der Waals surface area contributed by atoms with Gasteiger partial charge in [0.25, 0.3) is 0 Å². The molecule has 1 heterocycles. The molecule has 3 nitrogen and oxygen atoms in total. The highest BCUT2D eigenvalue weighted by Crippen LogP contribution is 2.30. The third-order valence-corrected chi connectivity index (χ3v) is 4.46. The normalized spacial score (nSPS) is 11.1. The minimum Gasteiger partial charge on any atom is -0.315 e. The Hall–Kier alpha value is -2.26. The molecule has 2 aromatic carbocycles. The molecular weight excluding hydrogens is 294 g/mol. The second kappa shape index (κ2) is 8.02. The maximum Gasteiger partial charge on any atom is 0.0701 e. The molecule has 1 N–H and O–H groups in total. The number of benzene rings is 2. The second-order valence-electron chi connectivity index (χ2n) is 6.26. The Morgan fingerprint density at radius 1 is 0.958 bits per heavy atom. The van der Waals surface area contributed by atoms with E-state index < -0.39 is 0 Å². The van der Waals surface area contributed by atoms with Gasteiger partial charge in [-0.25, -0.2) is 0 Å². The lowest BCUT2D eigenvalue weighted by Crippen LogP contribution is -2.36. The Kier molecular flexibility index (Phi) is 5.55. The average Bonchev–Trinajstić information content (AvgIpc) is 3.02. The van der Waals surface area contributed by atoms with Crippen LogP contribution in [-0.4, -0.2) is 31.4 Å². The van der Waals surface area contributed by atoms with Gasteiger partial charge in [-0.3, -0.25) is 4.68 Å². The van der Waals surface area contributed by atoms with E-state index in [4.69, 9.17) is 0 Å². The van der Waals surface area contributed by atoms with E-state index in [0.29, 0.717) is 0 Å². The number of nitrogens with one attached hydrogen (secondary N) is 1. The first-order valence-electron chi connectivity index (χ1n) is 8.89. The number of hydrogen-bond acceptors (Lipinski definition) is 2. The molecule has 0 radical (unpaired) electrons. The fourth-order valence-corrected chi connectivity index (χ4v) is 3.07. The quantitative estimate of drug-likeness (QED) is 0.625. The number of para-hydroxylation sites is 1. The van der Waals surface area contributed by atoms with Crippen molar-refractivity contribution >= 4 is 10.9 Å². The summed E-state index contributed by atoms with van der Waals surface area (Å²) in [5.74, 6) is 0. The predicted octanol–water partition coefficient (Wildman–Crippen LogP) is 4.27. The topological polar surface area (TPSA) is 20.2 Å². The van der Waals surface area contributed by atoms with E-state index >= 15 is 0 Å². The Balaban J connectivity index is 1.83. The van der Waals surface area contributed by atoms with E-state index in [1.165, 1.54) is 34.9 Å². The van der Waals surface area contributed by atoms with Crippen LogP contribution in [-0.2, 0) is 0 Å². The maximum atomic E-state index is 3.52. The molecule has 1 aromatic heterocycles. The van der Waals surface area contributed by atoms with Gasteiger partial charge in [0.05, 0.1) is 5.52 Å². The highest BCUT2D eigenvalue weighted by molar-refractivity contribution is 5.96. The Morgan fingerprint density at radius 2 is 1.71 bits per heavy atom. The van der Waals surface area contributed by atoms with E-state index in [2.05, 4.69) is 89.8 Å². The van der Waals surface area contributed by atoms with Crippen molar-refractivity contribution in [1.82, 2.24) is 9.99 Å². The summed E-state index contributed by atoms with van der Waals surface area (Å²) in [6.07, 6.45) is 4.74. The standard InChI is InChI=1S/C21H27N3/c1-3-4-14-22-15-16-23(2)24-17-20(18-10-6-5-7-11-18)19-12-8-9-13-21(19)24/h5-13,17,22H,3-4,14-16H2,1-2H3. The number of aromatic nitrogens is 1. The Labute approximate surface area is 144 Å². The first-order valence-corrected chi connectivity index (χ1v) is 8.89. The highest BCUT2D eigenvalue weighted by atomic mass is 15.5. The minimum absolute atomic E-state index is 0.983. The van der Waals surface area contributed by atoms with Crippen molar-refractivity contribution in [3.8, 4) is 11.1 Å². The van der Waals surface area contributed by atoms with Crippen LogP contribution in [0, 0.1) is 0 Å². The lowest BCUT2D eigenvalue weighted by atomic mass is 10.1. The summed E-state index contributed by atoms with van der Waals surface area (Å²) in [5.41, 5.74) is 3.81. The molecule has 3 aromatic rings. The number of nitrogens with zero attached hydrogens (tertiary/aromatic N) is 2. The van der Waals surface area contributed by atoms with Gasteiger partial charge in [-0.1, -0.05) is 61.9 Å². The maximum absolute atomic E-state index is 3.52. The van der Waals surface area contributed by atoms with Crippen LogP contribution in [0.15, 0.2) is 60.8 Å². The van der Waals surface area contributed by atoms with Crippen LogP contribution < -0.4 is 10.3 Å². The molecule has 0 aliphatic heterocycles. The Morgan fingerprint density at radius 3 is 2.50 bits per heavy atom. The van der Waals surface area contributed by atoms with E-state index in [9.17, 15) is 0 Å². The molecule has 0 aliphatic rings. The largest absolute Gasteiger partial charge is 0.315 e. The third kappa shape index (κ3) is 3.62. The monoisotopic (exact) mass is 321 g/mol. The van der Waals surface area contributed by atoms with Gasteiger partial charge in [-0.05, 0) is 24.6 Å². The fraction of sp³-hybridized carbons (Fsp3) is 0.333. The van der Waals surface area contributed by atoms with Gasteiger partial charge in [0.2, 0.25) is 0 Å². The molecule has 0 amide bonds. The molecule has 0 unspecified atom stereocenters. The molecule has 126 valence electrons. The molecule has 0 atom stereocenters. The van der Waals surface area contributed by atoms with E-state index in [1.807, 2.05) is 0 Å². The molecular formula is C21H27N3. The molecule has 0 bridgehead atoms. The lowest BCUT2D eigenvalue weighted by Gasteiger charge is -2.22. The number of fused-ring (bicyclic) bond motifs is 1. The van der Waals surface area contributed by atoms with Crippen LogP contribution in [0.5, 0.6) is 0 Å². The third-order valence-electron chi connectivity index (χ3n) is 4.46. The summed E-state index contributed by atoms with van der Waals surface area (Å²) >= 11 is 0. The SMILES string of the molecule is CCCCNCCN(C)n1cc(-c2ccccc2)c2ccccc21. The van der Waals surface area contributed by atoms with Gasteiger partial charge < -0.3 is 10.3 Å². The average molecular weight is 321 g/mol. The van der Waals surface area contributed by atoms with Crippen molar-refractivity contribution in [3.05, 3.63) is 60.8 Å². The van der Waals surface area contributed by atoms with Crippen molar-refractivity contribution in [3.63, 3.8) is 0 Å². The van der Waals surface area contributed by atoms with Crippen molar-refractivity contribution in [2.75, 3.05) is 31.7 Å². The molecule has 0 saturated carbocycles. The van der Waals surface area contributed by atoms with Gasteiger partial charge in [-0.2, -0.15) is 0 Å². The van der Waals surface area contributed by atoms with E-state index in [1.54, 1.807) is 0 Å². The molecule has 0 saturated heterocycles. The first kappa shape index (κ1) is 16.6. The summed E-state index contributed by atoms with van der Waals surface area (Å²) in [6, 6.07) is 19.3. The molecule has 0 spiro atoms. The van der Waals surface area contributed by atoms with E-state index in [-0.39, 0.29) is 0 Å².